The van der Waals surface area contributed by atoms with Crippen LogP contribution in [0.3, 0.4) is 0 Å². The molecule has 0 fully saturated rings. The third-order valence-electron chi connectivity index (χ3n) is 4.59. The summed E-state index contributed by atoms with van der Waals surface area (Å²) >= 11 is 1.91. The van der Waals surface area contributed by atoms with Gasteiger partial charge in [-0.15, -0.1) is 5.75 Å². The van der Waals surface area contributed by atoms with E-state index in [4.69, 9.17) is 4.42 Å². The Morgan fingerprint density at radius 3 is 2.53 bits per heavy atom. The maximum Gasteiger partial charge on any atom is 0.336 e. The summed E-state index contributed by atoms with van der Waals surface area (Å²) in [5.74, 6) is -1.46. The molecule has 0 aromatic heterocycles. The largest absolute Gasteiger partial charge is 0.872 e. The molecule has 0 unspecified atom stereocenters. The van der Waals surface area contributed by atoms with Gasteiger partial charge in [-0.2, -0.15) is 0 Å². The van der Waals surface area contributed by atoms with E-state index in [-0.39, 0.29) is 38.4 Å². The Kier molecular flexibility index (Phi) is 5.17. The summed E-state index contributed by atoms with van der Waals surface area (Å²) in [6.07, 6.45) is 0. The number of amides is 1. The van der Waals surface area contributed by atoms with Gasteiger partial charge in [-0.25, -0.2) is 4.79 Å². The van der Waals surface area contributed by atoms with E-state index >= 15 is 0 Å². The first-order valence-electron chi connectivity index (χ1n) is 8.78. The van der Waals surface area contributed by atoms with Crippen molar-refractivity contribution in [1.29, 1.82) is 0 Å². The van der Waals surface area contributed by atoms with E-state index in [1.807, 2.05) is 22.6 Å². The first kappa shape index (κ1) is 19.9. The molecule has 7 nitrogen and oxygen atoms in total. The molecule has 2 aromatic carbocycles. The van der Waals surface area contributed by atoms with E-state index < -0.39 is 5.97 Å². The highest BCUT2D eigenvalue weighted by Crippen LogP contribution is 2.42. The van der Waals surface area contributed by atoms with E-state index in [1.54, 1.807) is 24.3 Å². The Balaban J connectivity index is 2.06. The number of hydrogen-bond acceptors (Lipinski definition) is 5. The Morgan fingerprint density at radius 2 is 1.80 bits per heavy atom. The van der Waals surface area contributed by atoms with Crippen molar-refractivity contribution in [1.82, 2.24) is 0 Å². The summed E-state index contributed by atoms with van der Waals surface area (Å²) in [6.45, 7) is 0. The van der Waals surface area contributed by atoms with Crippen LogP contribution in [0.4, 0.5) is 5.69 Å². The zero-order chi connectivity index (χ0) is 21.4. The van der Waals surface area contributed by atoms with Gasteiger partial charge in [-0.05, 0) is 35.9 Å². The monoisotopic (exact) mass is 514 g/mol. The lowest BCUT2D eigenvalue weighted by molar-refractivity contribution is -0.268. The summed E-state index contributed by atoms with van der Waals surface area (Å²) in [4.78, 5) is 35.6. The van der Waals surface area contributed by atoms with Crippen molar-refractivity contribution in [2.75, 3.05) is 9.74 Å². The number of rotatable bonds is 4. The molecule has 150 valence electrons. The molecule has 8 heteroatoms. The third-order valence-corrected chi connectivity index (χ3v) is 5.28. The number of carboxylic acids is 1. The fourth-order valence-electron chi connectivity index (χ4n) is 3.35. The highest BCUT2D eigenvalue weighted by atomic mass is 127. The smallest absolute Gasteiger partial charge is 0.336 e. The SMILES string of the molecule is O=C(CI)Nc1ccc(-c2c3ccc(=O)cc-3oc3cc([O-])ccc23)c(C(=O)O)c1. The molecule has 2 N–H and O–H groups in total. The molecule has 0 saturated carbocycles. The lowest BCUT2D eigenvalue weighted by Crippen LogP contribution is -2.13. The molecule has 0 bridgehead atoms. The fraction of sp³-hybridized carbons (Fsp3) is 0.0455. The van der Waals surface area contributed by atoms with Gasteiger partial charge in [0.15, 0.2) is 5.43 Å². The van der Waals surface area contributed by atoms with Gasteiger partial charge in [0.25, 0.3) is 0 Å². The van der Waals surface area contributed by atoms with Crippen LogP contribution >= 0.6 is 22.6 Å². The summed E-state index contributed by atoms with van der Waals surface area (Å²) < 4.78 is 5.98. The highest BCUT2D eigenvalue weighted by molar-refractivity contribution is 14.1. The van der Waals surface area contributed by atoms with Crippen LogP contribution in [0.25, 0.3) is 33.4 Å². The van der Waals surface area contributed by atoms with Crippen molar-refractivity contribution in [2.24, 2.45) is 0 Å². The van der Waals surface area contributed by atoms with Crippen LogP contribution in [-0.4, -0.2) is 21.4 Å². The molecular formula is C22H13INO6-. The zero-order valence-corrected chi connectivity index (χ0v) is 17.4. The van der Waals surface area contributed by atoms with Gasteiger partial charge >= 0.3 is 5.97 Å². The first-order valence-corrected chi connectivity index (χ1v) is 10.3. The summed E-state index contributed by atoms with van der Waals surface area (Å²) in [5.41, 5.74) is 1.73. The number of hydrogen-bond donors (Lipinski definition) is 2. The number of aromatic carboxylic acids is 1. The normalized spacial score (nSPS) is 11.0. The molecular weight excluding hydrogens is 501 g/mol. The number of carboxylic acid groups (broad SMARTS) is 1. The third kappa shape index (κ3) is 3.61. The molecule has 1 heterocycles. The quantitative estimate of drug-likeness (QED) is 0.244. The second-order valence-corrected chi connectivity index (χ2v) is 7.30. The molecule has 2 aromatic rings. The maximum atomic E-state index is 12.0. The molecule has 0 radical (unpaired) electrons. The van der Waals surface area contributed by atoms with Gasteiger partial charge in [0.05, 0.1) is 9.99 Å². The molecule has 0 atom stereocenters. The predicted octanol–water partition coefficient (Wildman–Crippen LogP) is 3.71. The number of nitrogens with one attached hydrogen (secondary N) is 1. The van der Waals surface area contributed by atoms with Gasteiger partial charge in [0.1, 0.15) is 11.3 Å². The van der Waals surface area contributed by atoms with Gasteiger partial charge in [-0.3, -0.25) is 9.59 Å². The van der Waals surface area contributed by atoms with Crippen LogP contribution in [0.2, 0.25) is 0 Å². The van der Waals surface area contributed by atoms with Crippen molar-refractivity contribution in [2.45, 2.75) is 0 Å². The minimum Gasteiger partial charge on any atom is -0.872 e. The van der Waals surface area contributed by atoms with Gasteiger partial charge in [0.2, 0.25) is 5.91 Å². The Morgan fingerprint density at radius 1 is 1.03 bits per heavy atom. The van der Waals surface area contributed by atoms with Crippen LogP contribution in [-0.2, 0) is 4.79 Å². The Labute approximate surface area is 183 Å². The van der Waals surface area contributed by atoms with Crippen molar-refractivity contribution in [3.63, 3.8) is 0 Å². The number of anilines is 1. The van der Waals surface area contributed by atoms with Crippen LogP contribution in [0.1, 0.15) is 10.4 Å². The molecule has 1 aliphatic heterocycles. The van der Waals surface area contributed by atoms with Gasteiger partial charge in [0, 0.05) is 28.3 Å². The predicted molar refractivity (Wildman–Crippen MR) is 118 cm³/mol. The molecule has 4 rings (SSSR count). The van der Waals surface area contributed by atoms with Crippen LogP contribution < -0.4 is 15.9 Å². The van der Waals surface area contributed by atoms with E-state index in [9.17, 15) is 24.6 Å². The second kappa shape index (κ2) is 7.79. The number of fused-ring (bicyclic) bond motifs is 2. The lowest BCUT2D eigenvalue weighted by atomic mass is 9.90. The molecule has 2 aliphatic rings. The zero-order valence-electron chi connectivity index (χ0n) is 15.3. The Bertz CT molecular complexity index is 1340. The van der Waals surface area contributed by atoms with Gasteiger partial charge < -0.3 is 19.9 Å². The summed E-state index contributed by atoms with van der Waals surface area (Å²) in [7, 11) is 0. The molecule has 0 saturated heterocycles. The molecule has 30 heavy (non-hydrogen) atoms. The van der Waals surface area contributed by atoms with Crippen LogP contribution in [0, 0.1) is 0 Å². The fourth-order valence-corrected chi connectivity index (χ4v) is 3.54. The highest BCUT2D eigenvalue weighted by Gasteiger charge is 2.22. The van der Waals surface area contributed by atoms with Crippen molar-refractivity contribution >= 4 is 51.1 Å². The topological polar surface area (TPSA) is 120 Å². The lowest BCUT2D eigenvalue weighted by Gasteiger charge is -2.18. The average Bonchev–Trinajstić information content (AvgIpc) is 2.71. The standard InChI is InChI=1S/C22H14INO6/c23-10-20(27)24-11-1-4-14(17(7-11)22(28)29)21-15-5-2-12(25)8-18(15)30-19-9-13(26)3-6-16(19)21/h1-9,25H,10H2,(H,24,27)(H,28,29)/p-1. The van der Waals surface area contributed by atoms with E-state index in [0.717, 1.165) is 0 Å². The van der Waals surface area contributed by atoms with Crippen molar-refractivity contribution in [3.05, 3.63) is 70.4 Å². The second-order valence-electron chi connectivity index (χ2n) is 6.54. The van der Waals surface area contributed by atoms with E-state index in [2.05, 4.69) is 5.32 Å². The number of alkyl halides is 1. The maximum absolute atomic E-state index is 12.0. The molecule has 1 amide bonds. The number of halogens is 1. The number of benzene rings is 3. The average molecular weight is 514 g/mol. The first-order chi connectivity index (χ1) is 14.4. The van der Waals surface area contributed by atoms with E-state index in [0.29, 0.717) is 27.8 Å². The minimum atomic E-state index is -1.18. The molecule has 1 aliphatic carbocycles. The van der Waals surface area contributed by atoms with E-state index in [1.165, 1.54) is 30.3 Å². The minimum absolute atomic E-state index is 0.0348. The summed E-state index contributed by atoms with van der Waals surface area (Å²) in [5, 5.41) is 24.8. The van der Waals surface area contributed by atoms with Crippen LogP contribution in [0.15, 0.2) is 63.8 Å². The number of carbonyl (C=O) groups is 2. The van der Waals surface area contributed by atoms with Crippen molar-refractivity contribution in [3.8, 4) is 28.2 Å². The number of carbonyl (C=O) groups excluding carboxylic acids is 1. The Hall–Kier alpha value is -3.40. The summed E-state index contributed by atoms with van der Waals surface area (Å²) in [6, 6.07) is 13.0. The van der Waals surface area contributed by atoms with Crippen LogP contribution in [0.5, 0.6) is 5.75 Å². The van der Waals surface area contributed by atoms with Crippen molar-refractivity contribution < 1.29 is 24.2 Å². The van der Waals surface area contributed by atoms with Gasteiger partial charge in [-0.1, -0.05) is 40.8 Å². The molecule has 0 spiro atoms.